The highest BCUT2D eigenvalue weighted by Gasteiger charge is 2.25. The fourth-order valence-electron chi connectivity index (χ4n) is 3.11. The molecule has 2 aromatic rings. The van der Waals surface area contributed by atoms with Gasteiger partial charge in [-0.1, -0.05) is 0 Å². The Labute approximate surface area is 160 Å². The van der Waals surface area contributed by atoms with Crippen molar-refractivity contribution in [2.75, 3.05) is 36.0 Å². The van der Waals surface area contributed by atoms with E-state index in [4.69, 9.17) is 0 Å². The van der Waals surface area contributed by atoms with Gasteiger partial charge >= 0.3 is 0 Å². The maximum absolute atomic E-state index is 11.7. The highest BCUT2D eigenvalue weighted by atomic mass is 32.2. The Balaban J connectivity index is 1.48. The van der Waals surface area contributed by atoms with Crippen molar-refractivity contribution in [1.82, 2.24) is 20.3 Å². The van der Waals surface area contributed by atoms with E-state index in [9.17, 15) is 9.59 Å². The summed E-state index contributed by atoms with van der Waals surface area (Å²) in [6.07, 6.45) is 7.86. The molecule has 2 aliphatic heterocycles. The second kappa shape index (κ2) is 7.75. The SMILES string of the molecule is O=C1NC(=O)C(=Cc2nccc(N3CCCN(c4ccncc4)CC3)n2)S1. The van der Waals surface area contributed by atoms with Gasteiger partial charge in [-0.15, -0.1) is 0 Å². The zero-order valence-electron chi connectivity index (χ0n) is 14.5. The minimum Gasteiger partial charge on any atom is -0.370 e. The van der Waals surface area contributed by atoms with E-state index in [-0.39, 0.29) is 5.24 Å². The molecule has 2 aromatic heterocycles. The molecule has 0 bridgehead atoms. The largest absolute Gasteiger partial charge is 0.370 e. The highest BCUT2D eigenvalue weighted by Crippen LogP contribution is 2.25. The average molecular weight is 382 g/mol. The van der Waals surface area contributed by atoms with Crippen molar-refractivity contribution in [1.29, 1.82) is 0 Å². The van der Waals surface area contributed by atoms with Crippen LogP contribution in [0.25, 0.3) is 6.08 Å². The molecule has 2 fully saturated rings. The van der Waals surface area contributed by atoms with Gasteiger partial charge in [0.25, 0.3) is 11.1 Å². The summed E-state index contributed by atoms with van der Waals surface area (Å²) in [5, 5.41) is 1.87. The van der Waals surface area contributed by atoms with Gasteiger partial charge in [0.05, 0.1) is 4.91 Å². The quantitative estimate of drug-likeness (QED) is 0.805. The number of carbonyl (C=O) groups is 2. The van der Waals surface area contributed by atoms with Gasteiger partial charge in [-0.2, -0.15) is 0 Å². The Morgan fingerprint density at radius 2 is 1.78 bits per heavy atom. The number of nitrogens with zero attached hydrogens (tertiary/aromatic N) is 5. The average Bonchev–Trinajstić information content (AvgIpc) is 2.88. The lowest BCUT2D eigenvalue weighted by atomic mass is 10.3. The predicted molar refractivity (Wildman–Crippen MR) is 104 cm³/mol. The Morgan fingerprint density at radius 1 is 1.00 bits per heavy atom. The monoisotopic (exact) mass is 382 g/mol. The van der Waals surface area contributed by atoms with Crippen molar-refractivity contribution in [3.8, 4) is 0 Å². The van der Waals surface area contributed by atoms with E-state index >= 15 is 0 Å². The molecular weight excluding hydrogens is 364 g/mol. The fourth-order valence-corrected chi connectivity index (χ4v) is 3.76. The normalized spacial score (nSPS) is 19.3. The molecule has 8 nitrogen and oxygen atoms in total. The third-order valence-corrected chi connectivity index (χ3v) is 5.22. The van der Waals surface area contributed by atoms with E-state index in [1.54, 1.807) is 12.3 Å². The predicted octanol–water partition coefficient (Wildman–Crippen LogP) is 1.91. The summed E-state index contributed by atoms with van der Waals surface area (Å²) in [6, 6.07) is 5.92. The lowest BCUT2D eigenvalue weighted by Gasteiger charge is -2.24. The van der Waals surface area contributed by atoms with Crippen molar-refractivity contribution >= 4 is 40.5 Å². The molecule has 9 heteroatoms. The first-order valence-electron chi connectivity index (χ1n) is 8.67. The number of amides is 2. The van der Waals surface area contributed by atoms with Gasteiger partial charge in [0.1, 0.15) is 5.82 Å². The van der Waals surface area contributed by atoms with Gasteiger partial charge < -0.3 is 9.80 Å². The summed E-state index contributed by atoms with van der Waals surface area (Å²) in [4.78, 5) is 40.7. The van der Waals surface area contributed by atoms with Gasteiger partial charge in [0.2, 0.25) is 0 Å². The molecule has 4 rings (SSSR count). The third kappa shape index (κ3) is 4.08. The summed E-state index contributed by atoms with van der Waals surface area (Å²) in [5.41, 5.74) is 1.17. The number of rotatable bonds is 3. The smallest absolute Gasteiger partial charge is 0.290 e. The Kier molecular flexibility index (Phi) is 5.01. The minimum atomic E-state index is -0.401. The number of thioether (sulfide) groups is 1. The van der Waals surface area contributed by atoms with Crippen molar-refractivity contribution < 1.29 is 9.59 Å². The lowest BCUT2D eigenvalue weighted by molar-refractivity contribution is -0.115. The molecule has 2 amide bonds. The first-order valence-corrected chi connectivity index (χ1v) is 9.48. The summed E-state index contributed by atoms with van der Waals surface area (Å²) < 4.78 is 0. The van der Waals surface area contributed by atoms with Crippen LogP contribution in [0.4, 0.5) is 16.3 Å². The van der Waals surface area contributed by atoms with Crippen molar-refractivity contribution in [3.63, 3.8) is 0 Å². The Morgan fingerprint density at radius 3 is 2.56 bits per heavy atom. The lowest BCUT2D eigenvalue weighted by Crippen LogP contribution is -2.31. The Bertz CT molecular complexity index is 888. The topological polar surface area (TPSA) is 91.3 Å². The summed E-state index contributed by atoms with van der Waals surface area (Å²) >= 11 is 0.867. The molecule has 0 saturated carbocycles. The minimum absolute atomic E-state index is 0.317. The first-order chi connectivity index (χ1) is 13.2. The summed E-state index contributed by atoms with van der Waals surface area (Å²) in [5.74, 6) is 0.847. The molecule has 0 aliphatic carbocycles. The van der Waals surface area contributed by atoms with Crippen LogP contribution in [0.2, 0.25) is 0 Å². The molecule has 4 heterocycles. The third-order valence-electron chi connectivity index (χ3n) is 4.41. The van der Waals surface area contributed by atoms with E-state index in [1.165, 1.54) is 5.69 Å². The van der Waals surface area contributed by atoms with Gasteiger partial charge in [-0.05, 0) is 36.4 Å². The zero-order valence-corrected chi connectivity index (χ0v) is 15.4. The molecule has 0 aromatic carbocycles. The molecule has 0 spiro atoms. The first kappa shape index (κ1) is 17.5. The van der Waals surface area contributed by atoms with Crippen LogP contribution in [-0.4, -0.2) is 52.3 Å². The number of carbonyl (C=O) groups excluding carboxylic acids is 2. The summed E-state index contributed by atoms with van der Waals surface area (Å²) in [7, 11) is 0. The van der Waals surface area contributed by atoms with Crippen LogP contribution in [0.1, 0.15) is 12.2 Å². The van der Waals surface area contributed by atoms with E-state index in [0.29, 0.717) is 10.7 Å². The van der Waals surface area contributed by atoms with Crippen molar-refractivity contribution in [2.24, 2.45) is 0 Å². The van der Waals surface area contributed by atoms with E-state index < -0.39 is 5.91 Å². The number of nitrogens with one attached hydrogen (secondary N) is 1. The molecule has 2 saturated heterocycles. The molecule has 27 heavy (non-hydrogen) atoms. The molecule has 138 valence electrons. The highest BCUT2D eigenvalue weighted by molar-refractivity contribution is 8.18. The molecule has 0 atom stereocenters. The number of hydrogen-bond donors (Lipinski definition) is 1. The van der Waals surface area contributed by atoms with Crippen LogP contribution in [-0.2, 0) is 4.79 Å². The molecule has 1 N–H and O–H groups in total. The zero-order chi connectivity index (χ0) is 18.6. The van der Waals surface area contributed by atoms with Crippen molar-refractivity contribution in [3.05, 3.63) is 47.5 Å². The van der Waals surface area contributed by atoms with Gasteiger partial charge in [-0.3, -0.25) is 19.9 Å². The number of imide groups is 1. The van der Waals surface area contributed by atoms with Crippen LogP contribution < -0.4 is 15.1 Å². The standard InChI is InChI=1S/C18H18N6O2S/c25-17-14(27-18(26)22-17)12-15-20-7-4-16(21-15)24-9-1-8-23(10-11-24)13-2-5-19-6-3-13/h2-7,12H,1,8-11H2,(H,22,25,26). The number of anilines is 2. The molecule has 0 unspecified atom stereocenters. The van der Waals surface area contributed by atoms with Crippen LogP contribution in [0.3, 0.4) is 0 Å². The molecule has 2 aliphatic rings. The van der Waals surface area contributed by atoms with Crippen LogP contribution in [0, 0.1) is 0 Å². The Hall–Kier alpha value is -2.94. The van der Waals surface area contributed by atoms with Gasteiger partial charge in [0, 0.05) is 56.5 Å². The second-order valence-electron chi connectivity index (χ2n) is 6.16. The number of aromatic nitrogens is 3. The van der Waals surface area contributed by atoms with Gasteiger partial charge in [0.15, 0.2) is 5.82 Å². The van der Waals surface area contributed by atoms with E-state index in [2.05, 4.69) is 30.1 Å². The van der Waals surface area contributed by atoms with Gasteiger partial charge in [-0.25, -0.2) is 9.97 Å². The maximum Gasteiger partial charge on any atom is 0.290 e. The number of hydrogen-bond acceptors (Lipinski definition) is 8. The summed E-state index contributed by atoms with van der Waals surface area (Å²) in [6.45, 7) is 3.59. The molecular formula is C18H18N6O2S. The second-order valence-corrected chi connectivity index (χ2v) is 7.17. The fraction of sp³-hybridized carbons (Fsp3) is 0.278. The molecule has 0 radical (unpaired) electrons. The van der Waals surface area contributed by atoms with Crippen molar-refractivity contribution in [2.45, 2.75) is 6.42 Å². The van der Waals surface area contributed by atoms with E-state index in [1.807, 2.05) is 30.6 Å². The van der Waals surface area contributed by atoms with Crippen LogP contribution in [0.5, 0.6) is 0 Å². The van der Waals surface area contributed by atoms with Crippen LogP contribution in [0.15, 0.2) is 41.7 Å². The van der Waals surface area contributed by atoms with Crippen LogP contribution >= 0.6 is 11.8 Å². The van der Waals surface area contributed by atoms with E-state index in [0.717, 1.165) is 50.2 Å². The maximum atomic E-state index is 11.7. The number of pyridine rings is 1.